The molecule has 78 valence electrons. The molecule has 0 aliphatic heterocycles. The van der Waals surface area contributed by atoms with Gasteiger partial charge in [-0.1, -0.05) is 0 Å². The average molecular weight is 215 g/mol. The van der Waals surface area contributed by atoms with E-state index in [1.54, 1.807) is 4.98 Å². The highest BCUT2D eigenvalue weighted by Gasteiger charge is 2.24. The van der Waals surface area contributed by atoms with E-state index in [1.165, 1.54) is 6.07 Å². The predicted molar refractivity (Wildman–Crippen MR) is 43.4 cm³/mol. The molecule has 1 rings (SSSR count). The summed E-state index contributed by atoms with van der Waals surface area (Å²) < 4.78 is 24.6. The van der Waals surface area contributed by atoms with Gasteiger partial charge in [0, 0.05) is 0 Å². The van der Waals surface area contributed by atoms with Gasteiger partial charge in [0.1, 0.15) is 11.8 Å². The second-order valence-electron chi connectivity index (χ2n) is 2.48. The highest BCUT2D eigenvalue weighted by atomic mass is 19.3. The quantitative estimate of drug-likeness (QED) is 0.589. The van der Waals surface area contributed by atoms with Crippen LogP contribution in [0, 0.1) is 21.4 Å². The van der Waals surface area contributed by atoms with Crippen LogP contribution in [-0.2, 0) is 0 Å². The Morgan fingerprint density at radius 2 is 2.20 bits per heavy atom. The van der Waals surface area contributed by atoms with Gasteiger partial charge in [-0.05, 0) is 0 Å². The Hall–Kier alpha value is -2.30. The summed E-state index contributed by atoms with van der Waals surface area (Å²) in [5, 5.41) is 18.8. The fourth-order valence-corrected chi connectivity index (χ4v) is 0.991. The number of nitrogens with one attached hydrogen (secondary N) is 1. The lowest BCUT2D eigenvalue weighted by Gasteiger charge is -2.01. The maximum Gasteiger partial charge on any atom is 0.294 e. The maximum absolute atomic E-state index is 12.3. The van der Waals surface area contributed by atoms with Gasteiger partial charge in [0.2, 0.25) is 0 Å². The number of halogens is 2. The fourth-order valence-electron chi connectivity index (χ4n) is 0.991. The summed E-state index contributed by atoms with van der Waals surface area (Å²) in [5.74, 6) is 0. The van der Waals surface area contributed by atoms with E-state index >= 15 is 0 Å². The minimum Gasteiger partial charge on any atom is -0.320 e. The first-order valence-corrected chi connectivity index (χ1v) is 3.57. The summed E-state index contributed by atoms with van der Waals surface area (Å²) in [4.78, 5) is 21.8. The SMILES string of the molecule is N#Cc1c([N+](=O)[O-])cc(=O)[nH]c1C(F)F. The Labute approximate surface area is 80.9 Å². The van der Waals surface area contributed by atoms with Crippen molar-refractivity contribution in [2.75, 3.05) is 0 Å². The molecule has 0 fully saturated rings. The van der Waals surface area contributed by atoms with Crippen LogP contribution in [0.2, 0.25) is 0 Å². The lowest BCUT2D eigenvalue weighted by atomic mass is 10.2. The molecule has 0 unspecified atom stereocenters. The molecule has 1 aromatic rings. The molecule has 15 heavy (non-hydrogen) atoms. The summed E-state index contributed by atoms with van der Waals surface area (Å²) in [6, 6.07) is 1.75. The van der Waals surface area contributed by atoms with Gasteiger partial charge in [0.15, 0.2) is 5.56 Å². The Balaban J connectivity index is 3.62. The molecule has 0 aliphatic rings. The Bertz CT molecular complexity index is 503. The standard InChI is InChI=1S/C7H3F2N3O3/c8-7(9)6-3(2-10)4(12(14)15)1-5(13)11-6/h1,7H,(H,11,13). The van der Waals surface area contributed by atoms with E-state index in [9.17, 15) is 23.7 Å². The van der Waals surface area contributed by atoms with Crippen LogP contribution in [-0.4, -0.2) is 9.91 Å². The zero-order valence-electron chi connectivity index (χ0n) is 7.03. The van der Waals surface area contributed by atoms with Gasteiger partial charge in [0.25, 0.3) is 17.7 Å². The Kier molecular flexibility index (Phi) is 2.75. The van der Waals surface area contributed by atoms with E-state index < -0.39 is 33.9 Å². The molecule has 0 aromatic carbocycles. The van der Waals surface area contributed by atoms with Crippen LogP contribution in [0.15, 0.2) is 10.9 Å². The summed E-state index contributed by atoms with van der Waals surface area (Å²) in [6.07, 6.45) is -3.15. The number of nitro groups is 1. The molecule has 0 radical (unpaired) electrons. The lowest BCUT2D eigenvalue weighted by molar-refractivity contribution is -0.385. The number of rotatable bonds is 2. The molecule has 8 heteroatoms. The molecule has 1 aromatic heterocycles. The number of aromatic nitrogens is 1. The van der Waals surface area contributed by atoms with Gasteiger partial charge >= 0.3 is 0 Å². The number of nitriles is 1. The summed E-state index contributed by atoms with van der Waals surface area (Å²) in [7, 11) is 0. The van der Waals surface area contributed by atoms with Crippen molar-refractivity contribution in [3.63, 3.8) is 0 Å². The lowest BCUT2D eigenvalue weighted by Crippen LogP contribution is -2.12. The van der Waals surface area contributed by atoms with Crippen LogP contribution in [0.3, 0.4) is 0 Å². The van der Waals surface area contributed by atoms with Crippen molar-refractivity contribution < 1.29 is 13.7 Å². The molecule has 0 aliphatic carbocycles. The van der Waals surface area contributed by atoms with Crippen LogP contribution in [0.5, 0.6) is 0 Å². The number of hydrogen-bond donors (Lipinski definition) is 1. The van der Waals surface area contributed by atoms with E-state index in [4.69, 9.17) is 5.26 Å². The van der Waals surface area contributed by atoms with E-state index in [-0.39, 0.29) is 0 Å². The molecular formula is C7H3F2N3O3. The first-order valence-electron chi connectivity index (χ1n) is 3.57. The van der Waals surface area contributed by atoms with E-state index in [1.807, 2.05) is 0 Å². The van der Waals surface area contributed by atoms with Crippen LogP contribution >= 0.6 is 0 Å². The number of H-pyrrole nitrogens is 1. The number of nitrogens with zero attached hydrogens (tertiary/aromatic N) is 2. The number of pyridine rings is 1. The Morgan fingerprint density at radius 3 is 2.60 bits per heavy atom. The van der Waals surface area contributed by atoms with Gasteiger partial charge in [0.05, 0.1) is 11.0 Å². The molecule has 1 heterocycles. The van der Waals surface area contributed by atoms with Crippen molar-refractivity contribution in [1.29, 1.82) is 5.26 Å². The highest BCUT2D eigenvalue weighted by molar-refractivity contribution is 5.50. The van der Waals surface area contributed by atoms with E-state index in [0.29, 0.717) is 6.07 Å². The van der Waals surface area contributed by atoms with Gasteiger partial charge in [-0.3, -0.25) is 14.9 Å². The van der Waals surface area contributed by atoms with Crippen molar-refractivity contribution in [1.82, 2.24) is 4.98 Å². The molecule has 0 saturated heterocycles. The summed E-state index contributed by atoms with van der Waals surface area (Å²) in [5.41, 5.74) is -3.82. The topological polar surface area (TPSA) is 99.8 Å². The van der Waals surface area contributed by atoms with Crippen LogP contribution in [0.1, 0.15) is 17.7 Å². The van der Waals surface area contributed by atoms with Gasteiger partial charge in [-0.25, -0.2) is 8.78 Å². The van der Waals surface area contributed by atoms with Crippen molar-refractivity contribution in [3.8, 4) is 6.07 Å². The van der Waals surface area contributed by atoms with Gasteiger partial charge in [-0.15, -0.1) is 0 Å². The summed E-state index contributed by atoms with van der Waals surface area (Å²) >= 11 is 0. The average Bonchev–Trinajstić information content (AvgIpc) is 2.16. The third-order valence-corrected chi connectivity index (χ3v) is 1.58. The van der Waals surface area contributed by atoms with Crippen LogP contribution in [0.4, 0.5) is 14.5 Å². The smallest absolute Gasteiger partial charge is 0.294 e. The molecule has 0 atom stereocenters. The monoisotopic (exact) mass is 215 g/mol. The molecule has 1 N–H and O–H groups in total. The van der Waals surface area contributed by atoms with Crippen molar-refractivity contribution in [2.45, 2.75) is 6.43 Å². The molecule has 0 saturated carbocycles. The van der Waals surface area contributed by atoms with Crippen molar-refractivity contribution >= 4 is 5.69 Å². The van der Waals surface area contributed by atoms with E-state index in [2.05, 4.69) is 0 Å². The first-order chi connectivity index (χ1) is 6.97. The number of alkyl halides is 2. The Morgan fingerprint density at radius 1 is 1.60 bits per heavy atom. The third-order valence-electron chi connectivity index (χ3n) is 1.58. The van der Waals surface area contributed by atoms with E-state index in [0.717, 1.165) is 0 Å². The molecule has 0 bridgehead atoms. The predicted octanol–water partition coefficient (Wildman–Crippen LogP) is 1.09. The third kappa shape index (κ3) is 1.96. The normalized spacial score (nSPS) is 10.0. The molecular weight excluding hydrogens is 212 g/mol. The zero-order valence-corrected chi connectivity index (χ0v) is 7.03. The molecule has 0 amide bonds. The first kappa shape index (κ1) is 10.8. The van der Waals surface area contributed by atoms with Crippen LogP contribution in [0.25, 0.3) is 0 Å². The molecule has 0 spiro atoms. The molecule has 6 nitrogen and oxygen atoms in total. The minimum atomic E-state index is -3.15. The largest absolute Gasteiger partial charge is 0.320 e. The van der Waals surface area contributed by atoms with Crippen LogP contribution < -0.4 is 5.56 Å². The minimum absolute atomic E-state index is 0.491. The number of hydrogen-bond acceptors (Lipinski definition) is 4. The van der Waals surface area contributed by atoms with Crippen molar-refractivity contribution in [2.24, 2.45) is 0 Å². The summed E-state index contributed by atoms with van der Waals surface area (Å²) in [6.45, 7) is 0. The second kappa shape index (κ2) is 3.83. The second-order valence-corrected chi connectivity index (χ2v) is 2.48. The fraction of sp³-hybridized carbons (Fsp3) is 0.143. The van der Waals surface area contributed by atoms with Gasteiger partial charge < -0.3 is 4.98 Å². The van der Waals surface area contributed by atoms with Gasteiger partial charge in [-0.2, -0.15) is 5.26 Å². The zero-order chi connectivity index (χ0) is 11.6. The highest BCUT2D eigenvalue weighted by Crippen LogP contribution is 2.25. The number of aromatic amines is 1. The maximum atomic E-state index is 12.3. The van der Waals surface area contributed by atoms with Crippen molar-refractivity contribution in [3.05, 3.63) is 37.8 Å².